The number of fused-ring (bicyclic) bond motifs is 2. The maximum absolute atomic E-state index is 13.0. The van der Waals surface area contributed by atoms with E-state index >= 15 is 0 Å². The van der Waals surface area contributed by atoms with Gasteiger partial charge in [-0.25, -0.2) is 9.78 Å². The Balaban J connectivity index is 1.61. The zero-order valence-corrected chi connectivity index (χ0v) is 18.6. The molecule has 0 saturated carbocycles. The average Bonchev–Trinajstić information content (AvgIpc) is 3.48. The van der Waals surface area contributed by atoms with E-state index in [1.54, 1.807) is 19.1 Å². The Morgan fingerprint density at radius 1 is 1.19 bits per heavy atom. The number of carbonyl (C=O) groups excluding carboxylic acids is 2. The van der Waals surface area contributed by atoms with Crippen molar-refractivity contribution < 1.29 is 18.7 Å². The van der Waals surface area contributed by atoms with Crippen molar-refractivity contribution in [3.8, 4) is 10.6 Å². The number of aryl methyl sites for hydroxylation is 1. The van der Waals surface area contributed by atoms with Crippen LogP contribution in [0.15, 0.2) is 52.9 Å². The van der Waals surface area contributed by atoms with Crippen LogP contribution in [0.5, 0.6) is 0 Å². The van der Waals surface area contributed by atoms with Gasteiger partial charge in [0, 0.05) is 5.39 Å². The standard InChI is InChI=1S/C23H16ClN3O4S/c1-11-17(23(29)30-2)18(22-26-14-8-3-4-9-16(14)32-22)21(31-11)27-20(28)15-10-12-6-5-7-13(24)19(12)25-15/h3-10,25H,1-2H3,(H,27,28). The van der Waals surface area contributed by atoms with Gasteiger partial charge in [-0.3, -0.25) is 10.1 Å². The fourth-order valence-electron chi connectivity index (χ4n) is 3.58. The maximum atomic E-state index is 13.0. The van der Waals surface area contributed by atoms with Crippen LogP contribution < -0.4 is 5.32 Å². The van der Waals surface area contributed by atoms with Crippen molar-refractivity contribution in [2.24, 2.45) is 0 Å². The predicted octanol–water partition coefficient (Wildman–Crippen LogP) is 6.04. The number of ether oxygens (including phenoxy) is 1. The largest absolute Gasteiger partial charge is 0.465 e. The zero-order chi connectivity index (χ0) is 22.4. The van der Waals surface area contributed by atoms with Crippen LogP contribution >= 0.6 is 22.9 Å². The Labute approximate surface area is 191 Å². The van der Waals surface area contributed by atoms with Crippen molar-refractivity contribution in [1.82, 2.24) is 9.97 Å². The van der Waals surface area contributed by atoms with Gasteiger partial charge < -0.3 is 14.1 Å². The van der Waals surface area contributed by atoms with Gasteiger partial charge in [0.1, 0.15) is 22.0 Å². The minimum absolute atomic E-state index is 0.122. The van der Waals surface area contributed by atoms with Crippen molar-refractivity contribution in [3.05, 3.63) is 70.6 Å². The second kappa shape index (κ2) is 7.81. The normalized spacial score (nSPS) is 11.2. The summed E-state index contributed by atoms with van der Waals surface area (Å²) in [6.45, 7) is 1.64. The number of aromatic nitrogens is 2. The van der Waals surface area contributed by atoms with Crippen LogP contribution in [-0.4, -0.2) is 29.0 Å². The number of methoxy groups -OCH3 is 1. The molecule has 9 heteroatoms. The van der Waals surface area contributed by atoms with Crippen molar-refractivity contribution in [2.45, 2.75) is 6.92 Å². The lowest BCUT2D eigenvalue weighted by atomic mass is 10.1. The highest BCUT2D eigenvalue weighted by Gasteiger charge is 2.29. The molecule has 0 aliphatic heterocycles. The summed E-state index contributed by atoms with van der Waals surface area (Å²) in [4.78, 5) is 33.2. The Morgan fingerprint density at radius 2 is 2.00 bits per heavy atom. The molecule has 0 fully saturated rings. The number of nitrogens with one attached hydrogen (secondary N) is 2. The zero-order valence-electron chi connectivity index (χ0n) is 17.0. The highest BCUT2D eigenvalue weighted by molar-refractivity contribution is 7.21. The number of rotatable bonds is 4. The molecule has 5 rings (SSSR count). The van der Waals surface area contributed by atoms with Crippen molar-refractivity contribution in [3.63, 3.8) is 0 Å². The van der Waals surface area contributed by atoms with Gasteiger partial charge in [-0.2, -0.15) is 0 Å². The number of esters is 1. The fourth-order valence-corrected chi connectivity index (χ4v) is 4.82. The van der Waals surface area contributed by atoms with E-state index in [4.69, 9.17) is 20.8 Å². The molecular formula is C23H16ClN3O4S. The van der Waals surface area contributed by atoms with Gasteiger partial charge in [-0.1, -0.05) is 35.9 Å². The van der Waals surface area contributed by atoms with E-state index in [-0.39, 0.29) is 11.4 Å². The molecule has 0 atom stereocenters. The summed E-state index contributed by atoms with van der Waals surface area (Å²) in [6.07, 6.45) is 0. The van der Waals surface area contributed by atoms with Crippen LogP contribution in [0.4, 0.5) is 5.88 Å². The minimum Gasteiger partial charge on any atom is -0.465 e. The minimum atomic E-state index is -0.571. The van der Waals surface area contributed by atoms with Crippen LogP contribution in [0, 0.1) is 6.92 Å². The van der Waals surface area contributed by atoms with Gasteiger partial charge in [0.15, 0.2) is 0 Å². The summed E-state index contributed by atoms with van der Waals surface area (Å²) in [7, 11) is 1.30. The Hall–Kier alpha value is -3.62. The highest BCUT2D eigenvalue weighted by atomic mass is 35.5. The van der Waals surface area contributed by atoms with Crippen molar-refractivity contribution in [1.29, 1.82) is 0 Å². The molecule has 3 heterocycles. The molecule has 5 aromatic rings. The van der Waals surface area contributed by atoms with Crippen LogP contribution in [0.1, 0.15) is 26.6 Å². The highest BCUT2D eigenvalue weighted by Crippen LogP contribution is 2.41. The molecule has 0 spiro atoms. The quantitative estimate of drug-likeness (QED) is 0.315. The number of amides is 1. The number of para-hydroxylation sites is 2. The number of thiazole rings is 1. The SMILES string of the molecule is COC(=O)c1c(C)oc(NC(=O)c2cc3cccc(Cl)c3[nH]2)c1-c1nc2ccccc2s1. The molecular weight excluding hydrogens is 450 g/mol. The number of nitrogens with zero attached hydrogens (tertiary/aromatic N) is 1. The first-order valence-corrected chi connectivity index (χ1v) is 10.8. The van der Waals surface area contributed by atoms with Gasteiger partial charge in [0.05, 0.1) is 33.4 Å². The third kappa shape index (κ3) is 3.34. The fraction of sp³-hybridized carbons (Fsp3) is 0.0870. The van der Waals surface area contributed by atoms with E-state index < -0.39 is 11.9 Å². The van der Waals surface area contributed by atoms with Crippen molar-refractivity contribution >= 4 is 61.8 Å². The lowest BCUT2D eigenvalue weighted by Gasteiger charge is -2.04. The van der Waals surface area contributed by atoms with Gasteiger partial charge in [0.25, 0.3) is 5.91 Å². The number of aromatic amines is 1. The molecule has 2 aromatic carbocycles. The first-order valence-electron chi connectivity index (χ1n) is 9.62. The van der Waals surface area contributed by atoms with Gasteiger partial charge in [-0.15, -0.1) is 11.3 Å². The molecule has 0 unspecified atom stereocenters. The number of benzene rings is 2. The summed E-state index contributed by atoms with van der Waals surface area (Å²) < 4.78 is 11.7. The van der Waals surface area contributed by atoms with Gasteiger partial charge in [-0.05, 0) is 31.2 Å². The molecule has 1 amide bonds. The summed E-state index contributed by atoms with van der Waals surface area (Å²) in [5.41, 5.74) is 2.36. The molecule has 32 heavy (non-hydrogen) atoms. The average molecular weight is 466 g/mol. The molecule has 0 radical (unpaired) electrons. The van der Waals surface area contributed by atoms with Crippen LogP contribution in [0.25, 0.3) is 31.7 Å². The van der Waals surface area contributed by atoms with Crippen LogP contribution in [-0.2, 0) is 4.74 Å². The third-order valence-corrected chi connectivity index (χ3v) is 6.43. The van der Waals surface area contributed by atoms with Gasteiger partial charge >= 0.3 is 5.97 Å². The number of hydrogen-bond donors (Lipinski definition) is 2. The van der Waals surface area contributed by atoms with Gasteiger partial charge in [0.2, 0.25) is 5.88 Å². The molecule has 0 aliphatic carbocycles. The van der Waals surface area contributed by atoms with Crippen molar-refractivity contribution in [2.75, 3.05) is 12.4 Å². The second-order valence-corrected chi connectivity index (χ2v) is 8.49. The Bertz CT molecular complexity index is 1480. The first kappa shape index (κ1) is 20.3. The number of furan rings is 1. The lowest BCUT2D eigenvalue weighted by Crippen LogP contribution is -2.12. The molecule has 160 valence electrons. The Kier molecular flexibility index (Phi) is 4.96. The first-order chi connectivity index (χ1) is 15.5. The lowest BCUT2D eigenvalue weighted by molar-refractivity contribution is 0.0599. The topological polar surface area (TPSA) is 97.2 Å². The van der Waals surface area contributed by atoms with E-state index in [0.29, 0.717) is 32.6 Å². The molecule has 0 bridgehead atoms. The van der Waals surface area contributed by atoms with E-state index in [2.05, 4.69) is 15.3 Å². The van der Waals surface area contributed by atoms with Crippen LogP contribution in [0.3, 0.4) is 0 Å². The Morgan fingerprint density at radius 3 is 2.75 bits per heavy atom. The maximum Gasteiger partial charge on any atom is 0.342 e. The smallest absolute Gasteiger partial charge is 0.342 e. The summed E-state index contributed by atoms with van der Waals surface area (Å²) in [5.74, 6) is -0.569. The number of carbonyl (C=O) groups is 2. The molecule has 2 N–H and O–H groups in total. The molecule has 0 saturated heterocycles. The number of hydrogen-bond acceptors (Lipinski definition) is 6. The monoisotopic (exact) mass is 465 g/mol. The third-order valence-electron chi connectivity index (χ3n) is 5.06. The number of anilines is 1. The van der Waals surface area contributed by atoms with E-state index in [0.717, 1.165) is 15.6 Å². The molecule has 7 nitrogen and oxygen atoms in total. The summed E-state index contributed by atoms with van der Waals surface area (Å²) in [5, 5.41) is 4.63. The molecule has 3 aromatic heterocycles. The van der Waals surface area contributed by atoms with E-state index in [9.17, 15) is 9.59 Å². The molecule has 0 aliphatic rings. The van der Waals surface area contributed by atoms with E-state index in [1.807, 2.05) is 36.4 Å². The second-order valence-electron chi connectivity index (χ2n) is 7.06. The summed E-state index contributed by atoms with van der Waals surface area (Å²) >= 11 is 7.61. The number of halogens is 1. The number of H-pyrrole nitrogens is 1. The predicted molar refractivity (Wildman–Crippen MR) is 125 cm³/mol. The van der Waals surface area contributed by atoms with E-state index in [1.165, 1.54) is 18.4 Å². The van der Waals surface area contributed by atoms with Crippen LogP contribution in [0.2, 0.25) is 5.02 Å². The summed E-state index contributed by atoms with van der Waals surface area (Å²) in [6, 6.07) is 14.7.